The second-order valence-electron chi connectivity index (χ2n) is 12.4. The van der Waals surface area contributed by atoms with E-state index in [1.54, 1.807) is 18.8 Å². The molecule has 0 aliphatic rings. The van der Waals surface area contributed by atoms with Crippen LogP contribution in [0.1, 0.15) is 38.0 Å². The number of benzene rings is 6. The monoisotopic (exact) mass is 856 g/mol. The molecule has 1 N–H and O–H groups in total. The van der Waals surface area contributed by atoms with E-state index in [0.29, 0.717) is 0 Å². The highest BCUT2D eigenvalue weighted by molar-refractivity contribution is 5.97. The fourth-order valence-corrected chi connectivity index (χ4v) is 5.09. The molecule has 0 saturated heterocycles. The van der Waals surface area contributed by atoms with E-state index in [4.69, 9.17) is 63.8 Å². The molecule has 18 heteroatoms. The highest BCUT2D eigenvalue weighted by Gasteiger charge is 2.15. The fourth-order valence-electron chi connectivity index (χ4n) is 5.09. The Morgan fingerprint density at radius 3 is 0.984 bits per heavy atom. The number of rotatable bonds is 12. The molecule has 0 fully saturated rings. The molecule has 64 heavy (non-hydrogen) atoms. The molecule has 0 aliphatic heterocycles. The number of carbonyl (C=O) groups excluding carboxylic acids is 3. The van der Waals surface area contributed by atoms with Gasteiger partial charge in [0, 0.05) is 6.92 Å². The number of aliphatic imine (C=N–C) groups is 2. The average Bonchev–Trinajstić information content (AvgIpc) is 3.29. The topological polar surface area (TPSA) is 254 Å². The molecule has 0 atom stereocenters. The van der Waals surface area contributed by atoms with Crippen LogP contribution >= 0.6 is 0 Å². The smallest absolute Gasteiger partial charge is 0.343 e. The van der Waals surface area contributed by atoms with Crippen molar-refractivity contribution in [1.29, 1.82) is 21.2 Å². The van der Waals surface area contributed by atoms with Gasteiger partial charge in [0.1, 0.15) is 51.7 Å². The Balaban J connectivity index is 1.14. The number of nitrogens with zero attached hydrogens (tertiary/aromatic N) is 5. The number of nitrogens with one attached hydrogen (secondary N) is 1. The third-order valence-electron chi connectivity index (χ3n) is 8.00. The molecular formula is C46H28N6O12. The minimum Gasteiger partial charge on any atom is -0.443 e. The third kappa shape index (κ3) is 12.8. The lowest BCUT2D eigenvalue weighted by atomic mass is 10.2. The lowest BCUT2D eigenvalue weighted by Gasteiger charge is -2.10. The summed E-state index contributed by atoms with van der Waals surface area (Å²) in [6, 6.07) is 33.8. The highest BCUT2D eigenvalue weighted by Crippen LogP contribution is 2.23. The van der Waals surface area contributed by atoms with Crippen molar-refractivity contribution in [3.8, 4) is 70.5 Å². The quantitative estimate of drug-likeness (QED) is 0.0400. The van der Waals surface area contributed by atoms with E-state index in [0.717, 1.165) is 0 Å². The normalized spacial score (nSPS) is 10.7. The molecule has 0 bridgehead atoms. The van der Waals surface area contributed by atoms with Crippen molar-refractivity contribution in [2.24, 2.45) is 9.98 Å². The Morgan fingerprint density at radius 1 is 0.391 bits per heavy atom. The van der Waals surface area contributed by atoms with Crippen molar-refractivity contribution >= 4 is 35.8 Å². The van der Waals surface area contributed by atoms with Crippen LogP contribution in [0.2, 0.25) is 0 Å². The van der Waals surface area contributed by atoms with Gasteiger partial charge in [0.2, 0.25) is 0 Å². The second kappa shape index (κ2) is 21.3. The first kappa shape index (κ1) is 43.6. The van der Waals surface area contributed by atoms with Gasteiger partial charge in [0.25, 0.3) is 18.8 Å². The van der Waals surface area contributed by atoms with Crippen molar-refractivity contribution in [1.82, 2.24) is 0 Å². The Labute approximate surface area is 363 Å². The first-order valence-corrected chi connectivity index (χ1v) is 18.3. The molecule has 0 aliphatic carbocycles. The van der Waals surface area contributed by atoms with Crippen molar-refractivity contribution in [2.75, 3.05) is 0 Å². The first-order chi connectivity index (χ1) is 31.1. The van der Waals surface area contributed by atoms with Gasteiger partial charge in [-0.25, -0.2) is 19.8 Å². The van der Waals surface area contributed by atoms with Gasteiger partial charge in [-0.15, -0.1) is 20.8 Å². The van der Waals surface area contributed by atoms with E-state index in [2.05, 4.69) is 9.98 Å². The lowest BCUT2D eigenvalue weighted by Crippen LogP contribution is -2.16. The van der Waals surface area contributed by atoms with Crippen LogP contribution in [0.3, 0.4) is 0 Å². The summed E-state index contributed by atoms with van der Waals surface area (Å²) < 4.78 is 47.6. The SMILES string of the molecule is C/C(=N\C(=N/C(=N)Oc1ccc(C(=O)Oc2ccc(OC#N)cc2)cc1)Oc1ccc(C(=O)Oc2ccc(OC#N)cc2)cc1)Oc1ccc(C(=O)Oc2ccc(OC#N)cc2)cc1. The van der Waals surface area contributed by atoms with E-state index in [1.807, 2.05) is 0 Å². The van der Waals surface area contributed by atoms with Gasteiger partial charge in [-0.05, 0) is 146 Å². The minimum absolute atomic E-state index is 0.0111. The van der Waals surface area contributed by atoms with Crippen molar-refractivity contribution in [3.05, 3.63) is 162 Å². The molecule has 0 aromatic heterocycles. The van der Waals surface area contributed by atoms with Gasteiger partial charge >= 0.3 is 30.0 Å². The molecule has 0 unspecified atom stereocenters. The molecule has 18 nitrogen and oxygen atoms in total. The summed E-state index contributed by atoms with van der Waals surface area (Å²) in [5, 5.41) is 34.4. The van der Waals surface area contributed by atoms with Crippen molar-refractivity contribution in [2.45, 2.75) is 6.92 Å². The molecule has 0 heterocycles. The van der Waals surface area contributed by atoms with E-state index in [-0.39, 0.29) is 74.3 Å². The van der Waals surface area contributed by atoms with E-state index in [9.17, 15) is 14.4 Å². The van der Waals surface area contributed by atoms with Crippen molar-refractivity contribution in [3.63, 3.8) is 0 Å². The standard InChI is InChI=1S/C46H28N6O12/c1-29(59-36-8-2-30(3-9-36)42(53)60-37-20-14-33(15-21-37)56-26-47)51-46(64-41-12-6-32(7-13-41)44(55)62-39-24-18-35(19-25-39)58-28-49)52-45(50)63-40-10-4-31(5-11-40)43(54)61-38-22-16-34(17-23-38)57-27-48/h2-25,50H,1H3/b50-45?,51-29+,52-46+. The number of esters is 3. The summed E-state index contributed by atoms with van der Waals surface area (Å²) in [4.78, 5) is 46.6. The number of hydrogen-bond donors (Lipinski definition) is 1. The summed E-state index contributed by atoms with van der Waals surface area (Å²) in [7, 11) is 0. The molecule has 0 amide bonds. The van der Waals surface area contributed by atoms with Crippen LogP contribution in [0, 0.1) is 40.0 Å². The van der Waals surface area contributed by atoms with Crippen LogP contribution in [0.15, 0.2) is 156 Å². The number of hydrogen-bond acceptors (Lipinski definition) is 16. The maximum Gasteiger partial charge on any atom is 0.343 e. The fraction of sp³-hybridized carbons (Fsp3) is 0.0217. The van der Waals surface area contributed by atoms with Crippen LogP contribution < -0.4 is 42.6 Å². The van der Waals surface area contributed by atoms with Gasteiger partial charge in [-0.1, -0.05) is 0 Å². The molecule has 0 radical (unpaired) electrons. The Kier molecular flexibility index (Phi) is 14.5. The Bertz CT molecular complexity index is 2830. The summed E-state index contributed by atoms with van der Waals surface area (Å²) >= 11 is 0. The maximum absolute atomic E-state index is 12.8. The molecule has 6 aromatic carbocycles. The van der Waals surface area contributed by atoms with Crippen LogP contribution in [0.25, 0.3) is 0 Å². The molecular weight excluding hydrogens is 829 g/mol. The average molecular weight is 857 g/mol. The Morgan fingerprint density at radius 2 is 0.656 bits per heavy atom. The predicted molar refractivity (Wildman–Crippen MR) is 222 cm³/mol. The number of amidine groups is 2. The van der Waals surface area contributed by atoms with Crippen LogP contribution in [0.5, 0.6) is 51.7 Å². The van der Waals surface area contributed by atoms with Gasteiger partial charge in [0.05, 0.1) is 16.7 Å². The highest BCUT2D eigenvalue weighted by atomic mass is 16.5. The second-order valence-corrected chi connectivity index (χ2v) is 12.4. The summed E-state index contributed by atoms with van der Waals surface area (Å²) in [6.07, 6.45) is 4.66. The predicted octanol–water partition coefficient (Wildman–Crippen LogP) is 8.17. The molecule has 6 rings (SSSR count). The van der Waals surface area contributed by atoms with Gasteiger partial charge < -0.3 is 42.6 Å². The number of carbonyl (C=O) groups is 3. The molecule has 6 aromatic rings. The largest absolute Gasteiger partial charge is 0.443 e. The summed E-state index contributed by atoms with van der Waals surface area (Å²) in [5.41, 5.74) is 0.529. The van der Waals surface area contributed by atoms with Crippen molar-refractivity contribution < 1.29 is 57.0 Å². The molecule has 314 valence electrons. The molecule has 0 spiro atoms. The van der Waals surface area contributed by atoms with Gasteiger partial charge in [0.15, 0.2) is 5.90 Å². The zero-order valence-electron chi connectivity index (χ0n) is 33.0. The summed E-state index contributed by atoms with van der Waals surface area (Å²) in [6.45, 7) is 1.48. The Hall–Kier alpha value is -9.99. The zero-order chi connectivity index (χ0) is 45.3. The number of nitriles is 3. The van der Waals surface area contributed by atoms with Crippen LogP contribution in [-0.2, 0) is 0 Å². The minimum atomic E-state index is -0.688. The first-order valence-electron chi connectivity index (χ1n) is 18.3. The van der Waals surface area contributed by atoms with Crippen LogP contribution in [-0.4, -0.2) is 35.8 Å². The van der Waals surface area contributed by atoms with Gasteiger partial charge in [-0.2, -0.15) is 4.99 Å². The van der Waals surface area contributed by atoms with Crippen LogP contribution in [0.4, 0.5) is 0 Å². The van der Waals surface area contributed by atoms with E-state index in [1.165, 1.54) is 153 Å². The van der Waals surface area contributed by atoms with E-state index >= 15 is 0 Å². The number of ether oxygens (including phenoxy) is 9. The summed E-state index contributed by atoms with van der Waals surface area (Å²) in [5.74, 6) is -0.00715. The maximum atomic E-state index is 12.8. The van der Waals surface area contributed by atoms with E-state index < -0.39 is 30.0 Å². The molecule has 0 saturated carbocycles. The lowest BCUT2D eigenvalue weighted by molar-refractivity contribution is 0.0725. The van der Waals surface area contributed by atoms with Gasteiger partial charge in [-0.3, -0.25) is 0 Å². The third-order valence-corrected chi connectivity index (χ3v) is 8.00. The zero-order valence-corrected chi connectivity index (χ0v) is 33.0.